The Morgan fingerprint density at radius 3 is 2.30 bits per heavy atom. The molecular weight excluding hydrogens is 436 g/mol. The van der Waals surface area contributed by atoms with Gasteiger partial charge in [-0.15, -0.1) is 10.2 Å². The Labute approximate surface area is 199 Å². The molecule has 2 aromatic carbocycles. The van der Waals surface area contributed by atoms with E-state index >= 15 is 0 Å². The number of nitrogens with zero attached hydrogens (tertiary/aromatic N) is 6. The van der Waals surface area contributed by atoms with Gasteiger partial charge in [0.05, 0.1) is 10.4 Å². The molecule has 5 rings (SSSR count). The number of hydrogen-bond donors (Lipinski definition) is 0. The summed E-state index contributed by atoms with van der Waals surface area (Å²) in [6, 6.07) is 16.7. The van der Waals surface area contributed by atoms with Gasteiger partial charge < -0.3 is 19.3 Å². The molecule has 2 amide bonds. The predicted molar refractivity (Wildman–Crippen MR) is 131 cm³/mol. The molecule has 0 atom stereocenters. The normalized spacial score (nSPS) is 17.2. The molecule has 0 N–H and O–H groups in total. The molecule has 172 valence electrons. The minimum absolute atomic E-state index is 0.0443. The van der Waals surface area contributed by atoms with Crippen molar-refractivity contribution < 1.29 is 4.79 Å². The van der Waals surface area contributed by atoms with Gasteiger partial charge in [0.15, 0.2) is 5.82 Å². The fourth-order valence-electron chi connectivity index (χ4n) is 4.82. The zero-order valence-electron chi connectivity index (χ0n) is 19.3. The monoisotopic (exact) mass is 464 g/mol. The Morgan fingerprint density at radius 1 is 1.00 bits per heavy atom. The first-order valence-electron chi connectivity index (χ1n) is 11.4. The van der Waals surface area contributed by atoms with Crippen LogP contribution >= 0.6 is 11.6 Å². The van der Waals surface area contributed by atoms with Crippen molar-refractivity contribution in [3.63, 3.8) is 0 Å². The van der Waals surface area contributed by atoms with Crippen LogP contribution in [0.1, 0.15) is 24.2 Å². The molecular formula is C25H29ClN6O. The number of amides is 2. The third-order valence-corrected chi connectivity index (χ3v) is 7.18. The van der Waals surface area contributed by atoms with Gasteiger partial charge >= 0.3 is 6.03 Å². The molecule has 0 spiro atoms. The molecule has 0 unspecified atom stereocenters. The van der Waals surface area contributed by atoms with Gasteiger partial charge in [0.1, 0.15) is 5.82 Å². The average Bonchev–Trinajstić information content (AvgIpc) is 3.55. The molecule has 3 aromatic rings. The zero-order chi connectivity index (χ0) is 23.2. The molecule has 1 saturated heterocycles. The summed E-state index contributed by atoms with van der Waals surface area (Å²) in [5, 5.41) is 9.79. The maximum atomic E-state index is 12.2. The number of anilines is 1. The minimum atomic E-state index is -0.0443. The lowest BCUT2D eigenvalue weighted by atomic mass is 9.95. The maximum Gasteiger partial charge on any atom is 0.319 e. The van der Waals surface area contributed by atoms with Crippen LogP contribution in [0.25, 0.3) is 11.4 Å². The number of carbonyl (C=O) groups is 1. The van der Waals surface area contributed by atoms with Gasteiger partial charge in [0, 0.05) is 58.6 Å². The summed E-state index contributed by atoms with van der Waals surface area (Å²) in [4.78, 5) is 18.0. The standard InChI is InChI=1S/C25H29ClN6O/c1-29(2)24(33)32-15-13-31(14-16-32)19-9-10-20(21(26)17-19)22-27-28-23(30(22)3)25(11-12-25)18-7-5-4-6-8-18/h4-10,17H,11-16H2,1-3H3. The second-order valence-electron chi connectivity index (χ2n) is 9.17. The first kappa shape index (κ1) is 21.8. The summed E-state index contributed by atoms with van der Waals surface area (Å²) in [5.41, 5.74) is 3.19. The highest BCUT2D eigenvalue weighted by molar-refractivity contribution is 6.33. The maximum absolute atomic E-state index is 12.2. The van der Waals surface area contributed by atoms with Crippen LogP contribution in [0.2, 0.25) is 5.02 Å². The number of rotatable bonds is 4. The highest BCUT2D eigenvalue weighted by Gasteiger charge is 2.49. The molecule has 0 radical (unpaired) electrons. The molecule has 33 heavy (non-hydrogen) atoms. The molecule has 7 nitrogen and oxygen atoms in total. The third kappa shape index (κ3) is 3.84. The summed E-state index contributed by atoms with van der Waals surface area (Å²) in [7, 11) is 5.60. The van der Waals surface area contributed by atoms with Crippen molar-refractivity contribution in [1.82, 2.24) is 24.6 Å². The lowest BCUT2D eigenvalue weighted by Crippen LogP contribution is -2.51. The van der Waals surface area contributed by atoms with E-state index in [-0.39, 0.29) is 11.4 Å². The molecule has 2 heterocycles. The second-order valence-corrected chi connectivity index (χ2v) is 9.58. The van der Waals surface area contributed by atoms with E-state index in [1.165, 1.54) is 5.56 Å². The van der Waals surface area contributed by atoms with E-state index in [0.29, 0.717) is 18.1 Å². The van der Waals surface area contributed by atoms with Crippen LogP contribution in [0.5, 0.6) is 0 Å². The van der Waals surface area contributed by atoms with Crippen LogP contribution in [0.15, 0.2) is 48.5 Å². The summed E-state index contributed by atoms with van der Waals surface area (Å²) in [5.74, 6) is 1.77. The largest absolute Gasteiger partial charge is 0.368 e. The molecule has 0 bridgehead atoms. The molecule has 1 aromatic heterocycles. The Balaban J connectivity index is 1.36. The zero-order valence-corrected chi connectivity index (χ0v) is 20.1. The third-order valence-electron chi connectivity index (χ3n) is 6.87. The van der Waals surface area contributed by atoms with Crippen molar-refractivity contribution in [2.24, 2.45) is 7.05 Å². The van der Waals surface area contributed by atoms with E-state index in [2.05, 4.69) is 50.0 Å². The van der Waals surface area contributed by atoms with Gasteiger partial charge in [-0.3, -0.25) is 0 Å². The molecule has 2 aliphatic rings. The van der Waals surface area contributed by atoms with E-state index in [0.717, 1.165) is 48.8 Å². The average molecular weight is 465 g/mol. The number of aromatic nitrogens is 3. The topological polar surface area (TPSA) is 57.5 Å². The Hall–Kier alpha value is -3.06. The molecule has 1 saturated carbocycles. The van der Waals surface area contributed by atoms with Crippen LogP contribution in [-0.4, -0.2) is 70.9 Å². The second kappa shape index (κ2) is 8.37. The SMILES string of the molecule is CN(C)C(=O)N1CCN(c2ccc(-c3nnc(C4(c5ccccc5)CC4)n3C)c(Cl)c2)CC1. The van der Waals surface area contributed by atoms with Crippen LogP contribution in [-0.2, 0) is 12.5 Å². The van der Waals surface area contributed by atoms with E-state index < -0.39 is 0 Å². The molecule has 1 aliphatic heterocycles. The number of hydrogen-bond acceptors (Lipinski definition) is 4. The van der Waals surface area contributed by atoms with Crippen molar-refractivity contribution in [2.75, 3.05) is 45.2 Å². The summed E-state index contributed by atoms with van der Waals surface area (Å²) >= 11 is 6.75. The quantitative estimate of drug-likeness (QED) is 0.585. The van der Waals surface area contributed by atoms with Crippen molar-refractivity contribution in [1.29, 1.82) is 0 Å². The number of piperazine rings is 1. The Kier molecular flexibility index (Phi) is 5.52. The van der Waals surface area contributed by atoms with Crippen molar-refractivity contribution >= 4 is 23.3 Å². The van der Waals surface area contributed by atoms with Crippen molar-refractivity contribution in [3.8, 4) is 11.4 Å². The molecule has 2 fully saturated rings. The van der Waals surface area contributed by atoms with Gasteiger partial charge in [0.25, 0.3) is 0 Å². The van der Waals surface area contributed by atoms with Gasteiger partial charge in [-0.2, -0.15) is 0 Å². The van der Waals surface area contributed by atoms with Crippen LogP contribution in [0, 0.1) is 0 Å². The van der Waals surface area contributed by atoms with Crippen LogP contribution in [0.3, 0.4) is 0 Å². The lowest BCUT2D eigenvalue weighted by molar-refractivity contribution is 0.168. The molecule has 1 aliphatic carbocycles. The number of halogens is 1. The summed E-state index contributed by atoms with van der Waals surface area (Å²) in [6.07, 6.45) is 2.16. The van der Waals surface area contributed by atoms with Crippen molar-refractivity contribution in [2.45, 2.75) is 18.3 Å². The number of benzene rings is 2. The van der Waals surface area contributed by atoms with Gasteiger partial charge in [-0.05, 0) is 36.6 Å². The lowest BCUT2D eigenvalue weighted by Gasteiger charge is -2.37. The number of urea groups is 1. The van der Waals surface area contributed by atoms with Crippen LogP contribution < -0.4 is 4.90 Å². The summed E-state index contributed by atoms with van der Waals surface area (Å²) < 4.78 is 2.09. The van der Waals surface area contributed by atoms with E-state index in [9.17, 15) is 4.79 Å². The van der Waals surface area contributed by atoms with E-state index in [4.69, 9.17) is 11.6 Å². The first-order chi connectivity index (χ1) is 15.9. The highest BCUT2D eigenvalue weighted by Crippen LogP contribution is 2.53. The number of carbonyl (C=O) groups excluding carboxylic acids is 1. The van der Waals surface area contributed by atoms with Gasteiger partial charge in [0.2, 0.25) is 0 Å². The fraction of sp³-hybridized carbons (Fsp3) is 0.400. The summed E-state index contributed by atoms with van der Waals surface area (Å²) in [6.45, 7) is 2.96. The van der Waals surface area contributed by atoms with E-state index in [1.807, 2.05) is 30.1 Å². The van der Waals surface area contributed by atoms with Crippen molar-refractivity contribution in [3.05, 3.63) is 64.9 Å². The first-order valence-corrected chi connectivity index (χ1v) is 11.7. The Morgan fingerprint density at radius 2 is 1.70 bits per heavy atom. The van der Waals surface area contributed by atoms with Gasteiger partial charge in [-0.25, -0.2) is 4.79 Å². The van der Waals surface area contributed by atoms with Crippen LogP contribution in [0.4, 0.5) is 10.5 Å². The Bertz CT molecular complexity index is 1160. The van der Waals surface area contributed by atoms with Gasteiger partial charge in [-0.1, -0.05) is 41.9 Å². The minimum Gasteiger partial charge on any atom is -0.368 e. The fourth-order valence-corrected chi connectivity index (χ4v) is 5.08. The van der Waals surface area contributed by atoms with E-state index in [1.54, 1.807) is 19.0 Å². The smallest absolute Gasteiger partial charge is 0.319 e. The predicted octanol–water partition coefficient (Wildman–Crippen LogP) is 4.02. The highest BCUT2D eigenvalue weighted by atomic mass is 35.5. The molecule has 8 heteroatoms.